The van der Waals surface area contributed by atoms with E-state index in [0.29, 0.717) is 62.7 Å². The second-order valence-corrected chi connectivity index (χ2v) is 12.4. The van der Waals surface area contributed by atoms with Gasteiger partial charge in [-0.1, -0.05) is 66.7 Å². The molecule has 0 atom stereocenters. The topological polar surface area (TPSA) is 123 Å². The van der Waals surface area contributed by atoms with Gasteiger partial charge < -0.3 is 20.1 Å². The van der Waals surface area contributed by atoms with E-state index in [0.717, 1.165) is 28.5 Å². The van der Waals surface area contributed by atoms with Crippen LogP contribution in [0.4, 0.5) is 15.3 Å². The van der Waals surface area contributed by atoms with E-state index in [4.69, 9.17) is 9.47 Å². The maximum absolute atomic E-state index is 13.0. The smallest absolute Gasteiger partial charge is 0.411 e. The SMILES string of the molecule is CC(C)(C)OC(=O)NC1CCC(OC(=O)Nc2cc(CCCC(=O)NCc3ccc(C=O)cc3)ccc2-c2ccccc2)CC1. The van der Waals surface area contributed by atoms with Crippen LogP contribution in [0, 0.1) is 0 Å². The zero-order valence-electron chi connectivity index (χ0n) is 26.3. The van der Waals surface area contributed by atoms with Crippen LogP contribution >= 0.6 is 0 Å². The van der Waals surface area contributed by atoms with Gasteiger partial charge in [0.05, 0.1) is 5.69 Å². The lowest BCUT2D eigenvalue weighted by Crippen LogP contribution is -2.42. The van der Waals surface area contributed by atoms with Gasteiger partial charge in [0, 0.05) is 30.1 Å². The standard InChI is InChI=1S/C36H43N3O6/c1-36(2,3)45-35(43)38-29-17-19-30(20-18-29)44-34(42)39-32-22-25(16-21-31(32)28-9-5-4-6-10-28)8-7-11-33(41)37-23-26-12-14-27(24-40)15-13-26/h4-6,9-10,12-16,21-22,24,29-30H,7-8,11,17-20,23H2,1-3H3,(H,37,41)(H,38,43)(H,39,42). The van der Waals surface area contributed by atoms with Crippen LogP contribution < -0.4 is 16.0 Å². The quantitative estimate of drug-likeness (QED) is 0.197. The average molecular weight is 614 g/mol. The van der Waals surface area contributed by atoms with Crippen LogP contribution in [0.1, 0.15) is 80.8 Å². The third-order valence-electron chi connectivity index (χ3n) is 7.55. The minimum atomic E-state index is -0.555. The van der Waals surface area contributed by atoms with E-state index in [1.54, 1.807) is 12.1 Å². The highest BCUT2D eigenvalue weighted by molar-refractivity contribution is 5.92. The van der Waals surface area contributed by atoms with Crippen molar-refractivity contribution < 1.29 is 28.7 Å². The molecular weight excluding hydrogens is 570 g/mol. The molecule has 0 bridgehead atoms. The Hall–Kier alpha value is -4.66. The van der Waals surface area contributed by atoms with Crippen LogP contribution in [0.25, 0.3) is 11.1 Å². The van der Waals surface area contributed by atoms with Crippen LogP contribution in [0.15, 0.2) is 72.8 Å². The second-order valence-electron chi connectivity index (χ2n) is 12.4. The minimum Gasteiger partial charge on any atom is -0.446 e. The maximum Gasteiger partial charge on any atom is 0.411 e. The van der Waals surface area contributed by atoms with Gasteiger partial charge in [-0.05, 0) is 82.1 Å². The Balaban J connectivity index is 1.29. The summed E-state index contributed by atoms with van der Waals surface area (Å²) >= 11 is 0. The molecule has 238 valence electrons. The summed E-state index contributed by atoms with van der Waals surface area (Å²) in [6.45, 7) is 5.89. The highest BCUT2D eigenvalue weighted by Crippen LogP contribution is 2.30. The zero-order valence-corrected chi connectivity index (χ0v) is 26.3. The van der Waals surface area contributed by atoms with Gasteiger partial charge in [0.15, 0.2) is 0 Å². The van der Waals surface area contributed by atoms with Crippen LogP contribution in [0.5, 0.6) is 0 Å². The van der Waals surface area contributed by atoms with E-state index in [2.05, 4.69) is 16.0 Å². The van der Waals surface area contributed by atoms with Crippen LogP contribution in [-0.4, -0.2) is 42.1 Å². The summed E-state index contributed by atoms with van der Waals surface area (Å²) in [6, 6.07) is 22.9. The molecular formula is C36H43N3O6. The molecule has 45 heavy (non-hydrogen) atoms. The van der Waals surface area contributed by atoms with Gasteiger partial charge >= 0.3 is 12.2 Å². The molecule has 1 saturated carbocycles. The number of ether oxygens (including phenoxy) is 2. The Morgan fingerprint density at radius 3 is 2.22 bits per heavy atom. The highest BCUT2D eigenvalue weighted by atomic mass is 16.6. The van der Waals surface area contributed by atoms with Crippen LogP contribution in [-0.2, 0) is 27.2 Å². The summed E-state index contributed by atoms with van der Waals surface area (Å²) in [5.74, 6) is -0.0479. The van der Waals surface area contributed by atoms with Crippen molar-refractivity contribution >= 4 is 30.1 Å². The van der Waals surface area contributed by atoms with Crippen molar-refractivity contribution in [2.45, 2.75) is 90.0 Å². The second kappa shape index (κ2) is 15.9. The molecule has 0 saturated heterocycles. The molecule has 0 unspecified atom stereocenters. The number of hydrogen-bond donors (Lipinski definition) is 3. The molecule has 3 amide bonds. The number of hydrogen-bond acceptors (Lipinski definition) is 6. The number of aldehydes is 1. The van der Waals surface area contributed by atoms with Crippen molar-refractivity contribution in [1.82, 2.24) is 10.6 Å². The number of alkyl carbamates (subject to hydrolysis) is 1. The lowest BCUT2D eigenvalue weighted by atomic mass is 9.93. The first-order chi connectivity index (χ1) is 21.6. The Kier molecular flexibility index (Phi) is 11.7. The van der Waals surface area contributed by atoms with Gasteiger partial charge in [-0.25, -0.2) is 9.59 Å². The molecule has 0 heterocycles. The number of nitrogens with one attached hydrogen (secondary N) is 3. The molecule has 0 aliphatic heterocycles. The summed E-state index contributed by atoms with van der Waals surface area (Å²) in [5, 5.41) is 8.79. The predicted molar refractivity (Wildman–Crippen MR) is 174 cm³/mol. The molecule has 4 rings (SSSR count). The fourth-order valence-corrected chi connectivity index (χ4v) is 5.27. The molecule has 9 heteroatoms. The summed E-state index contributed by atoms with van der Waals surface area (Å²) in [5.41, 5.74) is 4.46. The monoisotopic (exact) mass is 613 g/mol. The molecule has 0 radical (unpaired) electrons. The highest BCUT2D eigenvalue weighted by Gasteiger charge is 2.27. The van der Waals surface area contributed by atoms with Crippen molar-refractivity contribution in [1.29, 1.82) is 0 Å². The predicted octanol–water partition coefficient (Wildman–Crippen LogP) is 7.19. The first-order valence-electron chi connectivity index (χ1n) is 15.5. The lowest BCUT2D eigenvalue weighted by Gasteiger charge is -2.30. The van der Waals surface area contributed by atoms with Gasteiger partial charge in [0.1, 0.15) is 18.0 Å². The van der Waals surface area contributed by atoms with Crippen molar-refractivity contribution in [3.05, 3.63) is 89.5 Å². The number of amides is 3. The number of rotatable bonds is 11. The zero-order chi connectivity index (χ0) is 32.2. The number of benzene rings is 3. The Bertz CT molecular complexity index is 1440. The van der Waals surface area contributed by atoms with Crippen molar-refractivity contribution in [3.63, 3.8) is 0 Å². The van der Waals surface area contributed by atoms with Gasteiger partial charge in [0.25, 0.3) is 0 Å². The van der Waals surface area contributed by atoms with E-state index >= 15 is 0 Å². The fraction of sp³-hybridized carbons (Fsp3) is 0.389. The number of aryl methyl sites for hydroxylation is 1. The van der Waals surface area contributed by atoms with Crippen LogP contribution in [0.3, 0.4) is 0 Å². The molecule has 0 spiro atoms. The van der Waals surface area contributed by atoms with Gasteiger partial charge in [0.2, 0.25) is 5.91 Å². The van der Waals surface area contributed by atoms with E-state index in [-0.39, 0.29) is 18.1 Å². The average Bonchev–Trinajstić information content (AvgIpc) is 3.01. The third-order valence-corrected chi connectivity index (χ3v) is 7.55. The Morgan fingerprint density at radius 1 is 0.867 bits per heavy atom. The summed E-state index contributed by atoms with van der Waals surface area (Å²) < 4.78 is 11.1. The number of carbonyl (C=O) groups excluding carboxylic acids is 4. The van der Waals surface area contributed by atoms with Crippen molar-refractivity contribution in [3.8, 4) is 11.1 Å². The molecule has 1 aliphatic rings. The van der Waals surface area contributed by atoms with E-state index in [9.17, 15) is 19.2 Å². The number of anilines is 1. The molecule has 9 nitrogen and oxygen atoms in total. The Morgan fingerprint density at radius 2 is 1.56 bits per heavy atom. The van der Waals surface area contributed by atoms with E-state index in [1.807, 2.05) is 81.4 Å². The van der Waals surface area contributed by atoms with Crippen LogP contribution in [0.2, 0.25) is 0 Å². The number of carbonyl (C=O) groups is 4. The molecule has 3 aromatic rings. The van der Waals surface area contributed by atoms with Gasteiger partial charge in [-0.3, -0.25) is 14.9 Å². The normalized spacial score (nSPS) is 16.2. The Labute approximate surface area is 265 Å². The maximum atomic E-state index is 13.0. The van der Waals surface area contributed by atoms with Crippen molar-refractivity contribution in [2.24, 2.45) is 0 Å². The molecule has 1 aliphatic carbocycles. The van der Waals surface area contributed by atoms with Gasteiger partial charge in [-0.2, -0.15) is 0 Å². The minimum absolute atomic E-state index is 0.0128. The first kappa shape index (κ1) is 33.2. The molecule has 0 aromatic heterocycles. The van der Waals surface area contributed by atoms with Gasteiger partial charge in [-0.15, -0.1) is 0 Å². The van der Waals surface area contributed by atoms with E-state index in [1.165, 1.54) is 0 Å². The molecule has 1 fully saturated rings. The van der Waals surface area contributed by atoms with Crippen molar-refractivity contribution in [2.75, 3.05) is 5.32 Å². The summed E-state index contributed by atoms with van der Waals surface area (Å²) in [4.78, 5) is 48.4. The summed E-state index contributed by atoms with van der Waals surface area (Å²) in [7, 11) is 0. The summed E-state index contributed by atoms with van der Waals surface area (Å²) in [6.07, 6.45) is 3.95. The first-order valence-corrected chi connectivity index (χ1v) is 15.5. The fourth-order valence-electron chi connectivity index (χ4n) is 5.27. The molecule has 3 aromatic carbocycles. The largest absolute Gasteiger partial charge is 0.446 e. The lowest BCUT2D eigenvalue weighted by molar-refractivity contribution is -0.121. The molecule has 3 N–H and O–H groups in total. The van der Waals surface area contributed by atoms with E-state index < -0.39 is 17.8 Å². The third kappa shape index (κ3) is 11.1.